The molecule has 0 N–H and O–H groups in total. The van der Waals surface area contributed by atoms with Crippen molar-refractivity contribution < 1.29 is 14.3 Å². The summed E-state index contributed by atoms with van der Waals surface area (Å²) >= 11 is 0. The highest BCUT2D eigenvalue weighted by atomic mass is 16.6. The number of ketones is 1. The number of para-hydroxylation sites is 2. The lowest BCUT2D eigenvalue weighted by Gasteiger charge is -2.46. The number of carbonyl (C=O) groups is 1. The van der Waals surface area contributed by atoms with Crippen LogP contribution in [0.2, 0.25) is 0 Å². The first-order chi connectivity index (χ1) is 10.3. The fourth-order valence-electron chi connectivity index (χ4n) is 3.95. The molecule has 2 fully saturated rings. The van der Waals surface area contributed by atoms with Gasteiger partial charge in [0.05, 0.1) is 0 Å². The molecule has 0 aliphatic carbocycles. The maximum Gasteiger partial charge on any atom is 0.161 e. The lowest BCUT2D eigenvalue weighted by Crippen LogP contribution is -2.56. The van der Waals surface area contributed by atoms with Gasteiger partial charge in [-0.25, -0.2) is 0 Å². The van der Waals surface area contributed by atoms with E-state index in [1.807, 2.05) is 24.3 Å². The van der Waals surface area contributed by atoms with Crippen molar-refractivity contribution in [2.75, 3.05) is 13.2 Å². The van der Waals surface area contributed by atoms with E-state index in [9.17, 15) is 4.79 Å². The first-order valence-corrected chi connectivity index (χ1v) is 7.95. The summed E-state index contributed by atoms with van der Waals surface area (Å²) in [6.07, 6.45) is 5.06. The van der Waals surface area contributed by atoms with E-state index < -0.39 is 0 Å². The van der Waals surface area contributed by atoms with Gasteiger partial charge in [0.15, 0.2) is 11.5 Å². The van der Waals surface area contributed by atoms with E-state index in [2.05, 4.69) is 4.90 Å². The van der Waals surface area contributed by atoms with E-state index in [1.165, 1.54) is 6.42 Å². The molecule has 3 unspecified atom stereocenters. The maximum atomic E-state index is 11.8. The van der Waals surface area contributed by atoms with Crippen molar-refractivity contribution in [3.63, 3.8) is 0 Å². The third kappa shape index (κ3) is 2.53. The number of carbonyl (C=O) groups excluding carboxylic acids is 1. The van der Waals surface area contributed by atoms with Crippen LogP contribution in [0, 0.1) is 0 Å². The molecule has 1 aromatic carbocycles. The van der Waals surface area contributed by atoms with Crippen LogP contribution in [0.4, 0.5) is 0 Å². The van der Waals surface area contributed by atoms with Crippen LogP contribution in [0.3, 0.4) is 0 Å². The van der Waals surface area contributed by atoms with Gasteiger partial charge in [-0.3, -0.25) is 9.69 Å². The predicted molar refractivity (Wildman–Crippen MR) is 78.7 cm³/mol. The molecule has 2 saturated heterocycles. The first-order valence-electron chi connectivity index (χ1n) is 7.95. The third-order valence-corrected chi connectivity index (χ3v) is 4.92. The van der Waals surface area contributed by atoms with E-state index in [-0.39, 0.29) is 6.10 Å². The van der Waals surface area contributed by atoms with Gasteiger partial charge < -0.3 is 9.47 Å². The van der Waals surface area contributed by atoms with E-state index >= 15 is 0 Å². The molecule has 0 aromatic heterocycles. The van der Waals surface area contributed by atoms with E-state index in [0.29, 0.717) is 24.5 Å². The Balaban J connectivity index is 1.46. The molecule has 4 heteroatoms. The Kier molecular flexibility index (Phi) is 3.34. The summed E-state index contributed by atoms with van der Waals surface area (Å²) in [6.45, 7) is 1.47. The summed E-state index contributed by atoms with van der Waals surface area (Å²) in [4.78, 5) is 14.3. The normalized spacial score (nSPS) is 32.0. The van der Waals surface area contributed by atoms with Gasteiger partial charge in [-0.05, 0) is 25.0 Å². The van der Waals surface area contributed by atoms with Gasteiger partial charge in [-0.2, -0.15) is 0 Å². The molecular weight excluding hydrogens is 266 g/mol. The average molecular weight is 287 g/mol. The molecule has 3 atom stereocenters. The van der Waals surface area contributed by atoms with Crippen LogP contribution in [0.15, 0.2) is 24.3 Å². The molecule has 2 bridgehead atoms. The lowest BCUT2D eigenvalue weighted by atomic mass is 9.83. The standard InChI is InChI=1S/C17H21NO3/c19-14-8-12-4-3-5-13(9-14)18(12)10-15-11-20-16-6-1-2-7-17(16)21-15/h1-2,6-7,12-13,15H,3-5,8-11H2. The van der Waals surface area contributed by atoms with Crippen LogP contribution in [-0.2, 0) is 4.79 Å². The molecule has 112 valence electrons. The number of Topliss-reactive ketones (excluding diaryl/α,β-unsaturated/α-hetero) is 1. The number of hydrogen-bond donors (Lipinski definition) is 0. The maximum absolute atomic E-state index is 11.8. The van der Waals surface area contributed by atoms with Crippen molar-refractivity contribution in [1.29, 1.82) is 0 Å². The van der Waals surface area contributed by atoms with Crippen LogP contribution in [0.25, 0.3) is 0 Å². The summed E-state index contributed by atoms with van der Waals surface area (Å²) in [6, 6.07) is 8.68. The summed E-state index contributed by atoms with van der Waals surface area (Å²) in [5.41, 5.74) is 0. The molecule has 0 radical (unpaired) electrons. The molecule has 0 spiro atoms. The minimum atomic E-state index is 0.0659. The highest BCUT2D eigenvalue weighted by Gasteiger charge is 2.39. The fraction of sp³-hybridized carbons (Fsp3) is 0.588. The Bertz CT molecular complexity index is 529. The van der Waals surface area contributed by atoms with Crippen LogP contribution < -0.4 is 9.47 Å². The Morgan fingerprint density at radius 3 is 2.57 bits per heavy atom. The van der Waals surface area contributed by atoms with Crippen molar-refractivity contribution in [3.05, 3.63) is 24.3 Å². The molecule has 4 nitrogen and oxygen atoms in total. The Morgan fingerprint density at radius 2 is 1.81 bits per heavy atom. The average Bonchev–Trinajstić information content (AvgIpc) is 2.48. The third-order valence-electron chi connectivity index (χ3n) is 4.92. The van der Waals surface area contributed by atoms with Crippen molar-refractivity contribution >= 4 is 5.78 Å². The zero-order valence-electron chi connectivity index (χ0n) is 12.2. The fourth-order valence-corrected chi connectivity index (χ4v) is 3.95. The number of piperidine rings is 2. The van der Waals surface area contributed by atoms with Gasteiger partial charge >= 0.3 is 0 Å². The van der Waals surface area contributed by atoms with Crippen LogP contribution in [-0.4, -0.2) is 42.0 Å². The highest BCUT2D eigenvalue weighted by Crippen LogP contribution is 2.35. The van der Waals surface area contributed by atoms with Crippen molar-refractivity contribution in [2.45, 2.75) is 50.3 Å². The molecule has 21 heavy (non-hydrogen) atoms. The second-order valence-electron chi connectivity index (χ2n) is 6.38. The Hall–Kier alpha value is -1.55. The summed E-state index contributed by atoms with van der Waals surface area (Å²) in [5, 5.41) is 0. The molecule has 3 aliphatic heterocycles. The highest BCUT2D eigenvalue weighted by molar-refractivity contribution is 5.80. The molecule has 1 aromatic rings. The van der Waals surface area contributed by atoms with Crippen molar-refractivity contribution in [1.82, 2.24) is 4.90 Å². The zero-order chi connectivity index (χ0) is 14.2. The molecule has 3 heterocycles. The van der Waals surface area contributed by atoms with Gasteiger partial charge in [-0.15, -0.1) is 0 Å². The first kappa shape index (κ1) is 13.1. The second kappa shape index (κ2) is 5.34. The van der Waals surface area contributed by atoms with Crippen molar-refractivity contribution in [2.24, 2.45) is 0 Å². The van der Waals surface area contributed by atoms with Gasteiger partial charge in [-0.1, -0.05) is 18.6 Å². The van der Waals surface area contributed by atoms with Crippen LogP contribution in [0.5, 0.6) is 11.5 Å². The number of ether oxygens (including phenoxy) is 2. The van der Waals surface area contributed by atoms with Gasteiger partial charge in [0.2, 0.25) is 0 Å². The van der Waals surface area contributed by atoms with Gasteiger partial charge in [0.25, 0.3) is 0 Å². The smallest absolute Gasteiger partial charge is 0.161 e. The molecule has 4 rings (SSSR count). The topological polar surface area (TPSA) is 38.8 Å². The van der Waals surface area contributed by atoms with E-state index in [1.54, 1.807) is 0 Å². The lowest BCUT2D eigenvalue weighted by molar-refractivity contribution is -0.128. The SMILES string of the molecule is O=C1CC2CCCC(C1)N2CC1COc2ccccc2O1. The summed E-state index contributed by atoms with van der Waals surface area (Å²) < 4.78 is 11.9. The largest absolute Gasteiger partial charge is 0.486 e. The number of nitrogens with zero attached hydrogens (tertiary/aromatic N) is 1. The second-order valence-corrected chi connectivity index (χ2v) is 6.38. The van der Waals surface area contributed by atoms with Gasteiger partial charge in [0, 0.05) is 31.5 Å². The minimum Gasteiger partial charge on any atom is -0.486 e. The number of benzene rings is 1. The molecular formula is C17H21NO3. The van der Waals surface area contributed by atoms with Crippen LogP contribution >= 0.6 is 0 Å². The minimum absolute atomic E-state index is 0.0659. The zero-order valence-corrected chi connectivity index (χ0v) is 12.2. The number of rotatable bonds is 2. The summed E-state index contributed by atoms with van der Waals surface area (Å²) in [7, 11) is 0. The predicted octanol–water partition coefficient (Wildman–Crippen LogP) is 2.41. The van der Waals surface area contributed by atoms with Gasteiger partial charge in [0.1, 0.15) is 18.5 Å². The molecule has 0 saturated carbocycles. The Labute approximate surface area is 125 Å². The van der Waals surface area contributed by atoms with E-state index in [4.69, 9.17) is 9.47 Å². The van der Waals surface area contributed by atoms with Crippen molar-refractivity contribution in [3.8, 4) is 11.5 Å². The number of hydrogen-bond acceptors (Lipinski definition) is 4. The monoisotopic (exact) mass is 287 g/mol. The van der Waals surface area contributed by atoms with Crippen LogP contribution in [0.1, 0.15) is 32.1 Å². The quantitative estimate of drug-likeness (QED) is 0.837. The van der Waals surface area contributed by atoms with E-state index in [0.717, 1.165) is 43.7 Å². The number of fused-ring (bicyclic) bond motifs is 3. The Morgan fingerprint density at radius 1 is 1.10 bits per heavy atom. The summed E-state index contributed by atoms with van der Waals surface area (Å²) in [5.74, 6) is 2.11. The molecule has 0 amide bonds. The molecule has 3 aliphatic rings.